The van der Waals surface area contributed by atoms with E-state index in [-0.39, 0.29) is 0 Å². The van der Waals surface area contributed by atoms with Crippen LogP contribution in [-0.2, 0) is 0 Å². The van der Waals surface area contributed by atoms with E-state index in [0.29, 0.717) is 11.8 Å². The Labute approximate surface area is 273 Å². The van der Waals surface area contributed by atoms with E-state index in [0.717, 1.165) is 37.1 Å². The summed E-state index contributed by atoms with van der Waals surface area (Å²) in [6, 6.07) is 39.6. The van der Waals surface area contributed by atoms with Crippen molar-refractivity contribution >= 4 is 22.7 Å². The summed E-state index contributed by atoms with van der Waals surface area (Å²) in [7, 11) is 0. The molecule has 224 valence electrons. The van der Waals surface area contributed by atoms with Gasteiger partial charge in [0.1, 0.15) is 0 Å². The highest BCUT2D eigenvalue weighted by atomic mass is 15.2. The van der Waals surface area contributed by atoms with Crippen molar-refractivity contribution in [1.29, 1.82) is 0 Å². The number of para-hydroxylation sites is 2. The van der Waals surface area contributed by atoms with Gasteiger partial charge in [-0.2, -0.15) is 0 Å². The van der Waals surface area contributed by atoms with Gasteiger partial charge in [0.2, 0.25) is 0 Å². The number of fused-ring (bicyclic) bond motifs is 1. The highest BCUT2D eigenvalue weighted by Crippen LogP contribution is 2.40. The lowest BCUT2D eigenvalue weighted by Crippen LogP contribution is -2.21. The molecule has 0 fully saturated rings. The summed E-state index contributed by atoms with van der Waals surface area (Å²) in [4.78, 5) is 4.81. The monoisotopic (exact) mass is 594 g/mol. The number of hydrogen-bond donors (Lipinski definition) is 0. The summed E-state index contributed by atoms with van der Waals surface area (Å²) in [6.07, 6.45) is 27.4. The smallest absolute Gasteiger partial charge is 0.0461 e. The van der Waals surface area contributed by atoms with E-state index in [1.807, 2.05) is 0 Å². The Kier molecular flexibility index (Phi) is 7.70. The summed E-state index contributed by atoms with van der Waals surface area (Å²) in [5.41, 5.74) is 12.7. The summed E-state index contributed by atoms with van der Waals surface area (Å²) < 4.78 is 0. The minimum absolute atomic E-state index is 0.382. The average molecular weight is 595 g/mol. The van der Waals surface area contributed by atoms with Crippen LogP contribution in [-0.4, -0.2) is 0 Å². The number of rotatable bonds is 7. The van der Waals surface area contributed by atoms with Crippen LogP contribution in [0.5, 0.6) is 0 Å². The first-order chi connectivity index (χ1) is 22.8. The highest BCUT2D eigenvalue weighted by molar-refractivity contribution is 5.76. The van der Waals surface area contributed by atoms with Gasteiger partial charge in [0.15, 0.2) is 0 Å². The lowest BCUT2D eigenvalue weighted by atomic mass is 9.84. The van der Waals surface area contributed by atoms with Gasteiger partial charge in [0.05, 0.1) is 0 Å². The van der Waals surface area contributed by atoms with Crippen LogP contribution in [0.4, 0.5) is 22.7 Å². The molecule has 0 spiro atoms. The number of hydrogen-bond acceptors (Lipinski definition) is 2. The van der Waals surface area contributed by atoms with Crippen LogP contribution in [0.15, 0.2) is 192 Å². The fourth-order valence-corrected chi connectivity index (χ4v) is 7.15. The van der Waals surface area contributed by atoms with Crippen molar-refractivity contribution in [2.24, 2.45) is 11.8 Å². The van der Waals surface area contributed by atoms with Gasteiger partial charge in [0.25, 0.3) is 0 Å². The Balaban J connectivity index is 1.09. The summed E-state index contributed by atoms with van der Waals surface area (Å²) >= 11 is 0. The third-order valence-corrected chi connectivity index (χ3v) is 9.54. The first kappa shape index (κ1) is 28.2. The minimum Gasteiger partial charge on any atom is -0.314 e. The van der Waals surface area contributed by atoms with Gasteiger partial charge in [-0.25, -0.2) is 0 Å². The van der Waals surface area contributed by atoms with Crippen LogP contribution in [0.3, 0.4) is 0 Å². The van der Waals surface area contributed by atoms with Crippen LogP contribution in [0, 0.1) is 11.8 Å². The van der Waals surface area contributed by atoms with E-state index in [4.69, 9.17) is 0 Å². The Morgan fingerprint density at radius 1 is 0.478 bits per heavy atom. The van der Waals surface area contributed by atoms with Gasteiger partial charge in [-0.3, -0.25) is 0 Å². The first-order valence-corrected chi connectivity index (χ1v) is 16.6. The molecule has 4 aliphatic carbocycles. The molecule has 2 atom stereocenters. The van der Waals surface area contributed by atoms with E-state index >= 15 is 0 Å². The number of nitrogens with zero attached hydrogens (tertiary/aromatic N) is 2. The molecular weight excluding hydrogens is 556 g/mol. The van der Waals surface area contributed by atoms with Crippen molar-refractivity contribution in [2.75, 3.05) is 9.80 Å². The van der Waals surface area contributed by atoms with Crippen LogP contribution >= 0.6 is 0 Å². The molecule has 2 unspecified atom stereocenters. The maximum Gasteiger partial charge on any atom is 0.0461 e. The van der Waals surface area contributed by atoms with Crippen LogP contribution in [0.25, 0.3) is 11.1 Å². The number of allylic oxidation sites excluding steroid dienone is 13. The fraction of sp³-hybridized carbons (Fsp3) is 0.136. The third-order valence-electron chi connectivity index (χ3n) is 9.54. The molecule has 4 aliphatic rings. The Bertz CT molecular complexity index is 1920. The molecule has 0 saturated heterocycles. The number of benzene rings is 4. The fourth-order valence-electron chi connectivity index (χ4n) is 7.15. The van der Waals surface area contributed by atoms with Gasteiger partial charge in [-0.15, -0.1) is 0 Å². The molecule has 46 heavy (non-hydrogen) atoms. The maximum absolute atomic E-state index is 2.44. The highest BCUT2D eigenvalue weighted by Gasteiger charge is 2.23. The summed E-state index contributed by atoms with van der Waals surface area (Å²) in [6.45, 7) is 0. The topological polar surface area (TPSA) is 6.48 Å². The molecule has 0 N–H and O–H groups in total. The SMILES string of the molecule is C1=CC2C=CC(N(c3ccccc3)c3ccc(-c4ccc(N(C5=CC6=C(C=CCC6)CC5)c5ccccc5)cc4)cc3)=CC2C=C1. The lowest BCUT2D eigenvalue weighted by Gasteiger charge is -2.32. The molecular formula is C44H38N2. The molecule has 4 aromatic rings. The van der Waals surface area contributed by atoms with Crippen molar-refractivity contribution in [2.45, 2.75) is 25.7 Å². The van der Waals surface area contributed by atoms with Gasteiger partial charge < -0.3 is 9.80 Å². The summed E-state index contributed by atoms with van der Waals surface area (Å²) in [5, 5.41) is 0. The van der Waals surface area contributed by atoms with Crippen LogP contribution in [0.2, 0.25) is 0 Å². The Hall–Kier alpha value is -5.34. The molecule has 0 aliphatic heterocycles. The van der Waals surface area contributed by atoms with E-state index in [2.05, 4.69) is 180 Å². The van der Waals surface area contributed by atoms with E-state index in [1.54, 1.807) is 0 Å². The van der Waals surface area contributed by atoms with Crippen molar-refractivity contribution < 1.29 is 0 Å². The van der Waals surface area contributed by atoms with E-state index in [9.17, 15) is 0 Å². The van der Waals surface area contributed by atoms with Gasteiger partial charge in [-0.05, 0) is 109 Å². The second-order valence-corrected chi connectivity index (χ2v) is 12.4. The van der Waals surface area contributed by atoms with Crippen molar-refractivity contribution in [3.8, 4) is 11.1 Å². The van der Waals surface area contributed by atoms with E-state index < -0.39 is 0 Å². The number of anilines is 4. The Morgan fingerprint density at radius 3 is 1.74 bits per heavy atom. The van der Waals surface area contributed by atoms with Crippen molar-refractivity contribution in [3.63, 3.8) is 0 Å². The summed E-state index contributed by atoms with van der Waals surface area (Å²) in [5.74, 6) is 0.815. The zero-order valence-corrected chi connectivity index (χ0v) is 26.0. The second kappa shape index (κ2) is 12.6. The van der Waals surface area contributed by atoms with Gasteiger partial charge in [0, 0.05) is 46.0 Å². The van der Waals surface area contributed by atoms with Gasteiger partial charge in [-0.1, -0.05) is 109 Å². The van der Waals surface area contributed by atoms with Crippen molar-refractivity contribution in [1.82, 2.24) is 0 Å². The van der Waals surface area contributed by atoms with E-state index in [1.165, 1.54) is 45.0 Å². The minimum atomic E-state index is 0.382. The molecule has 0 saturated carbocycles. The molecule has 0 amide bonds. The molecule has 2 nitrogen and oxygen atoms in total. The zero-order valence-electron chi connectivity index (χ0n) is 26.0. The third kappa shape index (κ3) is 5.63. The predicted octanol–water partition coefficient (Wildman–Crippen LogP) is 11.8. The lowest BCUT2D eigenvalue weighted by molar-refractivity contribution is 0.652. The standard InChI is InChI=1S/C44H38N2/c1-3-15-39(16-4-1)45(43-29-23-33-11-7-9-13-37(33)31-43)41-25-19-35(20-26-41)36-21-27-42(28-22-36)46(40-17-5-2-6-18-40)44-30-24-34-12-8-10-14-38(34)32-44/h1-9,11-13,15-23,25-29,31-33,37H,10,14,24,30H2. The molecule has 0 radical (unpaired) electrons. The predicted molar refractivity (Wildman–Crippen MR) is 194 cm³/mol. The maximum atomic E-state index is 2.44. The largest absolute Gasteiger partial charge is 0.314 e. The normalized spacial score (nSPS) is 19.7. The quantitative estimate of drug-likeness (QED) is 0.210. The molecule has 0 aromatic heterocycles. The molecule has 0 heterocycles. The zero-order chi connectivity index (χ0) is 30.7. The van der Waals surface area contributed by atoms with Crippen LogP contribution in [0.1, 0.15) is 25.7 Å². The van der Waals surface area contributed by atoms with Gasteiger partial charge >= 0.3 is 0 Å². The molecule has 0 bridgehead atoms. The van der Waals surface area contributed by atoms with Crippen LogP contribution < -0.4 is 9.80 Å². The molecule has 2 heteroatoms. The Morgan fingerprint density at radius 2 is 1.07 bits per heavy atom. The molecule has 4 aromatic carbocycles. The second-order valence-electron chi connectivity index (χ2n) is 12.4. The van der Waals surface area contributed by atoms with Crippen molar-refractivity contribution in [3.05, 3.63) is 192 Å². The molecule has 8 rings (SSSR count). The average Bonchev–Trinajstić information content (AvgIpc) is 3.13. The first-order valence-electron chi connectivity index (χ1n) is 16.6.